The number of thioether (sulfide) groups is 1. The molecule has 0 unspecified atom stereocenters. The highest BCUT2D eigenvalue weighted by molar-refractivity contribution is 8.18. The van der Waals surface area contributed by atoms with E-state index < -0.39 is 0 Å². The number of carbonyl (C=O) groups is 2. The van der Waals surface area contributed by atoms with Crippen molar-refractivity contribution in [2.75, 3.05) is 0 Å². The Bertz CT molecular complexity index is 952. The maximum atomic E-state index is 12.4. The maximum absolute atomic E-state index is 12.4. The lowest BCUT2D eigenvalue weighted by Crippen LogP contribution is -2.34. The molecule has 0 radical (unpaired) electrons. The largest absolute Gasteiger partial charge is 0.486 e. The number of carbonyl (C=O) groups excluding carboxylic acids is 2. The van der Waals surface area contributed by atoms with Gasteiger partial charge in [0.25, 0.3) is 11.1 Å². The Morgan fingerprint density at radius 1 is 1.07 bits per heavy atom. The number of ether oxygens (including phenoxy) is 1. The first-order valence-electron chi connectivity index (χ1n) is 8.40. The second-order valence-corrected chi connectivity index (χ2v) is 8.55. The van der Waals surface area contributed by atoms with E-state index in [0.717, 1.165) is 17.3 Å². The number of halogens is 3. The molecule has 2 amide bonds. The average molecular weight is 457 g/mol. The molecule has 0 saturated carbocycles. The molecule has 0 atom stereocenters. The lowest BCUT2D eigenvalue weighted by atomic mass is 10.2. The zero-order valence-corrected chi connectivity index (χ0v) is 18.1. The third-order valence-corrected chi connectivity index (χ3v) is 5.80. The normalized spacial score (nSPS) is 15.8. The standard InChI is InChI=1S/C20H16Cl3NO3S/c1-11(2)24-19(25)17(28-20(24)26)9-12-7-15(22)18(16(23)8-12)27-10-13-5-3-4-6-14(13)21/h3-9,11H,10H2,1-2H3/b17-9-. The molecule has 2 aromatic rings. The minimum absolute atomic E-state index is 0.203. The van der Waals surface area contributed by atoms with Gasteiger partial charge in [-0.15, -0.1) is 0 Å². The van der Waals surface area contributed by atoms with Crippen LogP contribution in [-0.2, 0) is 11.4 Å². The van der Waals surface area contributed by atoms with Crippen LogP contribution in [-0.4, -0.2) is 22.1 Å². The van der Waals surface area contributed by atoms with Crippen LogP contribution in [0.4, 0.5) is 4.79 Å². The average Bonchev–Trinajstić information content (AvgIpc) is 2.89. The number of benzene rings is 2. The fourth-order valence-corrected chi connectivity index (χ4v) is 4.41. The highest BCUT2D eigenvalue weighted by atomic mass is 35.5. The van der Waals surface area contributed by atoms with Gasteiger partial charge in [-0.25, -0.2) is 0 Å². The number of rotatable bonds is 5. The number of imide groups is 1. The minimum Gasteiger partial charge on any atom is -0.486 e. The molecule has 0 N–H and O–H groups in total. The van der Waals surface area contributed by atoms with Gasteiger partial charge in [0.05, 0.1) is 15.0 Å². The quantitative estimate of drug-likeness (QED) is 0.471. The first kappa shape index (κ1) is 21.1. The first-order chi connectivity index (χ1) is 13.3. The van der Waals surface area contributed by atoms with Gasteiger partial charge in [0.15, 0.2) is 5.75 Å². The van der Waals surface area contributed by atoms with E-state index in [9.17, 15) is 9.59 Å². The third kappa shape index (κ3) is 4.49. The number of hydrogen-bond acceptors (Lipinski definition) is 4. The third-order valence-electron chi connectivity index (χ3n) is 3.99. The molecule has 0 aromatic heterocycles. The molecule has 1 aliphatic rings. The summed E-state index contributed by atoms with van der Waals surface area (Å²) in [6.45, 7) is 3.79. The van der Waals surface area contributed by atoms with Crippen LogP contribution in [0.25, 0.3) is 6.08 Å². The fourth-order valence-electron chi connectivity index (χ4n) is 2.64. The van der Waals surface area contributed by atoms with E-state index in [1.165, 1.54) is 4.90 Å². The van der Waals surface area contributed by atoms with Crippen molar-refractivity contribution in [3.8, 4) is 5.75 Å². The highest BCUT2D eigenvalue weighted by Crippen LogP contribution is 2.38. The van der Waals surface area contributed by atoms with Gasteiger partial charge in [-0.05, 0) is 55.4 Å². The van der Waals surface area contributed by atoms with E-state index in [1.807, 2.05) is 18.2 Å². The van der Waals surface area contributed by atoms with Gasteiger partial charge in [-0.1, -0.05) is 53.0 Å². The molecule has 28 heavy (non-hydrogen) atoms. The molecular weight excluding hydrogens is 441 g/mol. The van der Waals surface area contributed by atoms with Gasteiger partial charge in [0.1, 0.15) is 6.61 Å². The molecular formula is C20H16Cl3NO3S. The molecule has 1 heterocycles. The van der Waals surface area contributed by atoms with Crippen molar-refractivity contribution in [2.24, 2.45) is 0 Å². The van der Waals surface area contributed by atoms with Crippen LogP contribution >= 0.6 is 46.6 Å². The smallest absolute Gasteiger partial charge is 0.293 e. The van der Waals surface area contributed by atoms with Crippen LogP contribution < -0.4 is 4.74 Å². The summed E-state index contributed by atoms with van der Waals surface area (Å²) in [5, 5.41) is 0.901. The van der Waals surface area contributed by atoms with Crippen molar-refractivity contribution >= 4 is 63.8 Å². The Hall–Kier alpha value is -1.66. The lowest BCUT2D eigenvalue weighted by Gasteiger charge is -2.16. The second kappa shape index (κ2) is 8.78. The van der Waals surface area contributed by atoms with Gasteiger partial charge >= 0.3 is 0 Å². The first-order valence-corrected chi connectivity index (χ1v) is 10.3. The molecule has 0 spiro atoms. The van der Waals surface area contributed by atoms with Crippen molar-refractivity contribution in [2.45, 2.75) is 26.5 Å². The molecule has 0 aliphatic carbocycles. The number of hydrogen-bond donors (Lipinski definition) is 0. The van der Waals surface area contributed by atoms with Gasteiger partial charge < -0.3 is 4.74 Å². The van der Waals surface area contributed by atoms with Crippen LogP contribution in [0.15, 0.2) is 41.3 Å². The maximum Gasteiger partial charge on any atom is 0.293 e. The van der Waals surface area contributed by atoms with Crippen molar-refractivity contribution in [3.63, 3.8) is 0 Å². The summed E-state index contributed by atoms with van der Waals surface area (Å²) in [7, 11) is 0. The van der Waals surface area contributed by atoms with E-state index in [1.54, 1.807) is 38.1 Å². The summed E-state index contributed by atoms with van der Waals surface area (Å²) in [5.41, 5.74) is 1.41. The van der Waals surface area contributed by atoms with E-state index in [0.29, 0.717) is 31.3 Å². The SMILES string of the molecule is CC(C)N1C(=O)S/C(=C\c2cc(Cl)c(OCc3ccccc3Cl)c(Cl)c2)C1=O. The molecule has 4 nitrogen and oxygen atoms in total. The van der Waals surface area contributed by atoms with Crippen LogP contribution in [0.1, 0.15) is 25.0 Å². The monoisotopic (exact) mass is 455 g/mol. The molecule has 1 aliphatic heterocycles. The molecule has 2 aromatic carbocycles. The molecule has 1 saturated heterocycles. The second-order valence-electron chi connectivity index (χ2n) is 6.34. The van der Waals surface area contributed by atoms with Crippen LogP contribution in [0.5, 0.6) is 5.75 Å². The minimum atomic E-state index is -0.323. The van der Waals surface area contributed by atoms with E-state index in [4.69, 9.17) is 39.5 Å². The van der Waals surface area contributed by atoms with Gasteiger partial charge in [-0.2, -0.15) is 0 Å². The fraction of sp³-hybridized carbons (Fsp3) is 0.200. The molecule has 1 fully saturated rings. The predicted octanol–water partition coefficient (Wildman–Crippen LogP) is 6.67. The number of amides is 2. The Kier molecular flexibility index (Phi) is 6.61. The summed E-state index contributed by atoms with van der Waals surface area (Å²) in [6, 6.07) is 10.4. The van der Waals surface area contributed by atoms with Crippen LogP contribution in [0.2, 0.25) is 15.1 Å². The summed E-state index contributed by atoms with van der Waals surface area (Å²) in [5.74, 6) is 0.00646. The van der Waals surface area contributed by atoms with E-state index in [-0.39, 0.29) is 23.8 Å². The summed E-state index contributed by atoms with van der Waals surface area (Å²) in [4.78, 5) is 26.0. The summed E-state index contributed by atoms with van der Waals surface area (Å²) < 4.78 is 5.74. The predicted molar refractivity (Wildman–Crippen MR) is 115 cm³/mol. The van der Waals surface area contributed by atoms with Crippen LogP contribution in [0, 0.1) is 0 Å². The van der Waals surface area contributed by atoms with E-state index >= 15 is 0 Å². The topological polar surface area (TPSA) is 46.6 Å². The zero-order chi connectivity index (χ0) is 20.4. The van der Waals surface area contributed by atoms with Crippen LogP contribution in [0.3, 0.4) is 0 Å². The summed E-state index contributed by atoms with van der Waals surface area (Å²) >= 11 is 19.7. The lowest BCUT2D eigenvalue weighted by molar-refractivity contribution is -0.123. The van der Waals surface area contributed by atoms with Gasteiger partial charge in [-0.3, -0.25) is 14.5 Å². The molecule has 3 rings (SSSR count). The van der Waals surface area contributed by atoms with Crippen molar-refractivity contribution in [1.82, 2.24) is 4.90 Å². The molecule has 0 bridgehead atoms. The van der Waals surface area contributed by atoms with Gasteiger partial charge in [0.2, 0.25) is 0 Å². The summed E-state index contributed by atoms with van der Waals surface area (Å²) in [6.07, 6.45) is 1.60. The molecule has 146 valence electrons. The highest BCUT2D eigenvalue weighted by Gasteiger charge is 2.36. The Labute approximate surface area is 182 Å². The Balaban J connectivity index is 1.82. The molecule has 8 heteroatoms. The Morgan fingerprint density at radius 3 is 2.29 bits per heavy atom. The van der Waals surface area contributed by atoms with Gasteiger partial charge in [0, 0.05) is 16.6 Å². The van der Waals surface area contributed by atoms with Crippen molar-refractivity contribution < 1.29 is 14.3 Å². The van der Waals surface area contributed by atoms with Crippen molar-refractivity contribution in [3.05, 3.63) is 67.5 Å². The Morgan fingerprint density at radius 2 is 1.71 bits per heavy atom. The zero-order valence-electron chi connectivity index (χ0n) is 15.0. The number of nitrogens with zero attached hydrogens (tertiary/aromatic N) is 1. The van der Waals surface area contributed by atoms with Crippen molar-refractivity contribution in [1.29, 1.82) is 0 Å². The van der Waals surface area contributed by atoms with E-state index in [2.05, 4.69) is 0 Å².